The number of amides is 1. The van der Waals surface area contributed by atoms with E-state index in [-0.39, 0.29) is 11.7 Å². The molecule has 2 aromatic carbocycles. The van der Waals surface area contributed by atoms with Crippen LogP contribution in [-0.4, -0.2) is 77.1 Å². The van der Waals surface area contributed by atoms with Crippen molar-refractivity contribution in [2.45, 2.75) is 6.42 Å². The van der Waals surface area contributed by atoms with Crippen molar-refractivity contribution in [1.29, 1.82) is 0 Å². The van der Waals surface area contributed by atoms with Crippen LogP contribution in [-0.2, 0) is 14.4 Å². The Morgan fingerprint density at radius 2 is 1.55 bits per heavy atom. The molecular weight excluding hydrogens is 429 g/mol. The second-order valence-corrected chi connectivity index (χ2v) is 7.37. The maximum atomic E-state index is 13.1. The first-order valence-electron chi connectivity index (χ1n) is 10.5. The zero-order chi connectivity index (χ0) is 24.1. The van der Waals surface area contributed by atoms with Gasteiger partial charge in [0.25, 0.3) is 0 Å². The number of halogens is 1. The highest BCUT2D eigenvalue weighted by Gasteiger charge is 2.16. The van der Waals surface area contributed by atoms with Gasteiger partial charge in [0.05, 0.1) is 0 Å². The monoisotopic (exact) mass is 457 g/mol. The van der Waals surface area contributed by atoms with Gasteiger partial charge in [-0.25, -0.2) is 14.0 Å². The van der Waals surface area contributed by atoms with Crippen molar-refractivity contribution in [3.63, 3.8) is 0 Å². The van der Waals surface area contributed by atoms with Crippen LogP contribution in [0.1, 0.15) is 12.0 Å². The van der Waals surface area contributed by atoms with Crippen molar-refractivity contribution in [3.05, 3.63) is 72.1 Å². The molecule has 1 heterocycles. The molecule has 2 aromatic rings. The largest absolute Gasteiger partial charge is 0.473 e. The van der Waals surface area contributed by atoms with Gasteiger partial charge in [-0.05, 0) is 23.8 Å². The number of carbonyl (C=O) groups is 3. The van der Waals surface area contributed by atoms with Gasteiger partial charge in [0.2, 0.25) is 5.91 Å². The average Bonchev–Trinajstić information content (AvgIpc) is 2.80. The van der Waals surface area contributed by atoms with E-state index >= 15 is 0 Å². The Kier molecular flexibility index (Phi) is 10.7. The molecule has 1 aliphatic rings. The molecule has 1 fully saturated rings. The molecule has 8 nitrogen and oxygen atoms in total. The molecule has 1 amide bonds. The number of nitrogens with one attached hydrogen (secondary N) is 1. The fraction of sp³-hybridized carbons (Fsp3) is 0.292. The minimum Gasteiger partial charge on any atom is -0.473 e. The first kappa shape index (κ1) is 25.7. The van der Waals surface area contributed by atoms with Crippen LogP contribution in [0.4, 0.5) is 10.1 Å². The van der Waals surface area contributed by atoms with Crippen molar-refractivity contribution < 1.29 is 29.0 Å². The number of carboxylic acids is 2. The van der Waals surface area contributed by atoms with Crippen LogP contribution in [0.5, 0.6) is 0 Å². The predicted molar refractivity (Wildman–Crippen MR) is 123 cm³/mol. The van der Waals surface area contributed by atoms with Gasteiger partial charge in [-0.2, -0.15) is 0 Å². The Balaban J connectivity index is 0.000000569. The van der Waals surface area contributed by atoms with Gasteiger partial charge >= 0.3 is 11.9 Å². The third-order valence-electron chi connectivity index (χ3n) is 4.88. The molecule has 0 bridgehead atoms. The van der Waals surface area contributed by atoms with E-state index in [1.54, 1.807) is 12.1 Å². The summed E-state index contributed by atoms with van der Waals surface area (Å²) < 4.78 is 13.1. The minimum atomic E-state index is -1.82. The summed E-state index contributed by atoms with van der Waals surface area (Å²) in [5, 5.41) is 17.5. The molecular formula is C24H28FN3O5. The SMILES string of the molecule is O=C(CCN1CCN(C/C=C/c2ccccc2)CC1)Nc1cccc(F)c1.O=C(O)C(=O)O. The van der Waals surface area contributed by atoms with Gasteiger partial charge < -0.3 is 20.4 Å². The molecule has 33 heavy (non-hydrogen) atoms. The van der Waals surface area contributed by atoms with E-state index < -0.39 is 11.9 Å². The van der Waals surface area contributed by atoms with Crippen LogP contribution in [0.25, 0.3) is 6.08 Å². The summed E-state index contributed by atoms with van der Waals surface area (Å²) in [7, 11) is 0. The lowest BCUT2D eigenvalue weighted by molar-refractivity contribution is -0.159. The summed E-state index contributed by atoms with van der Waals surface area (Å²) in [4.78, 5) is 35.0. The lowest BCUT2D eigenvalue weighted by Crippen LogP contribution is -2.46. The number of hydrogen-bond acceptors (Lipinski definition) is 5. The summed E-state index contributed by atoms with van der Waals surface area (Å²) >= 11 is 0. The Morgan fingerprint density at radius 1 is 0.909 bits per heavy atom. The van der Waals surface area contributed by atoms with Crippen molar-refractivity contribution in [3.8, 4) is 0 Å². The Morgan fingerprint density at radius 3 is 2.15 bits per heavy atom. The molecule has 0 atom stereocenters. The number of rotatable bonds is 7. The van der Waals surface area contributed by atoms with E-state index in [1.165, 1.54) is 17.7 Å². The molecule has 1 saturated heterocycles. The number of carbonyl (C=O) groups excluding carboxylic acids is 1. The number of anilines is 1. The van der Waals surface area contributed by atoms with Crippen molar-refractivity contribution in [2.75, 3.05) is 44.6 Å². The highest BCUT2D eigenvalue weighted by Crippen LogP contribution is 2.10. The second kappa shape index (κ2) is 13.8. The van der Waals surface area contributed by atoms with E-state index in [1.807, 2.05) is 18.2 Å². The molecule has 0 aromatic heterocycles. The summed E-state index contributed by atoms with van der Waals surface area (Å²) in [6.45, 7) is 5.62. The molecule has 3 rings (SSSR count). The topological polar surface area (TPSA) is 110 Å². The van der Waals surface area contributed by atoms with E-state index in [0.29, 0.717) is 12.1 Å². The number of piperazine rings is 1. The highest BCUT2D eigenvalue weighted by atomic mass is 19.1. The molecule has 0 unspecified atom stereocenters. The Labute approximate surface area is 191 Å². The lowest BCUT2D eigenvalue weighted by atomic mass is 10.2. The van der Waals surface area contributed by atoms with E-state index in [2.05, 4.69) is 39.4 Å². The zero-order valence-electron chi connectivity index (χ0n) is 18.2. The van der Waals surface area contributed by atoms with Gasteiger partial charge in [-0.15, -0.1) is 0 Å². The molecule has 0 saturated carbocycles. The molecule has 1 aliphatic heterocycles. The number of nitrogens with zero attached hydrogens (tertiary/aromatic N) is 2. The third kappa shape index (κ3) is 10.5. The van der Waals surface area contributed by atoms with Crippen LogP contribution < -0.4 is 5.32 Å². The average molecular weight is 458 g/mol. The van der Waals surface area contributed by atoms with Crippen LogP contribution >= 0.6 is 0 Å². The molecule has 0 radical (unpaired) electrons. The summed E-state index contributed by atoms with van der Waals surface area (Å²) in [6.07, 6.45) is 4.78. The van der Waals surface area contributed by atoms with Crippen molar-refractivity contribution >= 4 is 29.6 Å². The summed E-state index contributed by atoms with van der Waals surface area (Å²) in [5.41, 5.74) is 1.73. The number of aliphatic carboxylic acids is 2. The van der Waals surface area contributed by atoms with Crippen LogP contribution in [0.2, 0.25) is 0 Å². The summed E-state index contributed by atoms with van der Waals surface area (Å²) in [5.74, 6) is -4.07. The quantitative estimate of drug-likeness (QED) is 0.548. The van der Waals surface area contributed by atoms with E-state index in [9.17, 15) is 9.18 Å². The highest BCUT2D eigenvalue weighted by molar-refractivity contribution is 6.27. The molecule has 0 spiro atoms. The predicted octanol–water partition coefficient (Wildman–Crippen LogP) is 2.64. The lowest BCUT2D eigenvalue weighted by Gasteiger charge is -2.34. The minimum absolute atomic E-state index is 0.0752. The van der Waals surface area contributed by atoms with Crippen LogP contribution in [0.3, 0.4) is 0 Å². The van der Waals surface area contributed by atoms with Gasteiger partial charge in [0, 0.05) is 51.4 Å². The molecule has 9 heteroatoms. The molecule has 3 N–H and O–H groups in total. The van der Waals surface area contributed by atoms with Gasteiger partial charge in [-0.1, -0.05) is 48.6 Å². The Hall–Kier alpha value is -3.56. The summed E-state index contributed by atoms with van der Waals surface area (Å²) in [6, 6.07) is 16.3. The maximum Gasteiger partial charge on any atom is 0.414 e. The third-order valence-corrected chi connectivity index (χ3v) is 4.88. The van der Waals surface area contributed by atoms with Gasteiger partial charge in [0.1, 0.15) is 5.82 Å². The maximum absolute atomic E-state index is 13.1. The first-order chi connectivity index (χ1) is 15.8. The number of hydrogen-bond donors (Lipinski definition) is 3. The zero-order valence-corrected chi connectivity index (χ0v) is 18.2. The van der Waals surface area contributed by atoms with Gasteiger partial charge in [0.15, 0.2) is 0 Å². The van der Waals surface area contributed by atoms with E-state index in [4.69, 9.17) is 19.8 Å². The number of carboxylic acid groups (broad SMARTS) is 2. The smallest absolute Gasteiger partial charge is 0.414 e. The fourth-order valence-electron chi connectivity index (χ4n) is 3.15. The normalized spacial score (nSPS) is 14.3. The second-order valence-electron chi connectivity index (χ2n) is 7.37. The fourth-order valence-corrected chi connectivity index (χ4v) is 3.15. The molecule has 176 valence electrons. The van der Waals surface area contributed by atoms with Crippen LogP contribution in [0.15, 0.2) is 60.7 Å². The van der Waals surface area contributed by atoms with E-state index in [0.717, 1.165) is 39.3 Å². The van der Waals surface area contributed by atoms with Crippen LogP contribution in [0, 0.1) is 5.82 Å². The van der Waals surface area contributed by atoms with Crippen molar-refractivity contribution in [2.24, 2.45) is 0 Å². The van der Waals surface area contributed by atoms with Crippen molar-refractivity contribution in [1.82, 2.24) is 9.80 Å². The molecule has 0 aliphatic carbocycles. The first-order valence-corrected chi connectivity index (χ1v) is 10.5. The standard InChI is InChI=1S/C22H26FN3O.C2H2O4/c23-20-9-4-10-21(18-20)24-22(27)11-13-26-16-14-25(15-17-26)12-5-8-19-6-2-1-3-7-19;3-1(4)2(5)6/h1-10,18H,11-17H2,(H,24,27);(H,3,4)(H,5,6)/b8-5+;. The van der Waals surface area contributed by atoms with Gasteiger partial charge in [-0.3, -0.25) is 9.69 Å². The number of benzene rings is 2. The Bertz CT molecular complexity index is 932.